The summed E-state index contributed by atoms with van der Waals surface area (Å²) in [4.78, 5) is 2.61. The highest BCUT2D eigenvalue weighted by molar-refractivity contribution is 5.19. The second-order valence-electron chi connectivity index (χ2n) is 6.45. The van der Waals surface area contributed by atoms with Gasteiger partial charge >= 0.3 is 0 Å². The van der Waals surface area contributed by atoms with Crippen molar-refractivity contribution in [3.05, 3.63) is 35.9 Å². The number of hydrogen-bond donors (Lipinski definition) is 1. The molecule has 1 aliphatic rings. The molecule has 1 saturated heterocycles. The number of likely N-dealkylation sites (tertiary alicyclic amines) is 1. The second-order valence-corrected chi connectivity index (χ2v) is 6.45. The van der Waals surface area contributed by atoms with Gasteiger partial charge < -0.3 is 10.1 Å². The number of ether oxygens (including phenoxy) is 1. The molecule has 0 saturated carbocycles. The van der Waals surface area contributed by atoms with Gasteiger partial charge in [-0.2, -0.15) is 0 Å². The minimum atomic E-state index is 0.446. The maximum absolute atomic E-state index is 5.50. The van der Waals surface area contributed by atoms with Gasteiger partial charge in [0.1, 0.15) is 0 Å². The first kappa shape index (κ1) is 16.5. The number of methoxy groups -OCH3 is 1. The van der Waals surface area contributed by atoms with Crippen LogP contribution in [0, 0.1) is 5.92 Å². The molecule has 1 heterocycles. The fraction of sp³-hybridized carbons (Fsp3) is 0.667. The highest BCUT2D eigenvalue weighted by Gasteiger charge is 2.25. The van der Waals surface area contributed by atoms with Crippen LogP contribution < -0.4 is 5.32 Å². The van der Waals surface area contributed by atoms with E-state index < -0.39 is 0 Å². The van der Waals surface area contributed by atoms with Crippen LogP contribution in [0.1, 0.15) is 38.3 Å². The molecular weight excluding hydrogens is 260 g/mol. The molecule has 0 spiro atoms. The van der Waals surface area contributed by atoms with Crippen LogP contribution in [0.2, 0.25) is 0 Å². The highest BCUT2D eigenvalue weighted by atomic mass is 16.5. The molecule has 1 unspecified atom stereocenters. The zero-order valence-corrected chi connectivity index (χ0v) is 13.7. The fourth-order valence-corrected chi connectivity index (χ4v) is 3.06. The van der Waals surface area contributed by atoms with E-state index in [0.717, 1.165) is 39.0 Å². The average Bonchev–Trinajstić information content (AvgIpc) is 2.52. The largest absolute Gasteiger partial charge is 0.381 e. The molecule has 1 aromatic carbocycles. The molecule has 118 valence electrons. The summed E-state index contributed by atoms with van der Waals surface area (Å²) in [6, 6.07) is 11.4. The van der Waals surface area contributed by atoms with E-state index in [4.69, 9.17) is 4.74 Å². The normalized spacial score (nSPS) is 19.0. The minimum absolute atomic E-state index is 0.446. The lowest BCUT2D eigenvalue weighted by atomic mass is 10.00. The summed E-state index contributed by atoms with van der Waals surface area (Å²) in [6.45, 7) is 8.88. The van der Waals surface area contributed by atoms with Gasteiger partial charge in [0, 0.05) is 32.8 Å². The van der Waals surface area contributed by atoms with Gasteiger partial charge in [-0.15, -0.1) is 0 Å². The van der Waals surface area contributed by atoms with Gasteiger partial charge in [-0.25, -0.2) is 0 Å². The van der Waals surface area contributed by atoms with Crippen LogP contribution in [0.3, 0.4) is 0 Å². The summed E-state index contributed by atoms with van der Waals surface area (Å²) in [7, 11) is 1.83. The van der Waals surface area contributed by atoms with Crippen LogP contribution in [-0.2, 0) is 4.74 Å². The molecule has 0 bridgehead atoms. The molecule has 21 heavy (non-hydrogen) atoms. The lowest BCUT2D eigenvalue weighted by molar-refractivity contribution is 0.0267. The van der Waals surface area contributed by atoms with E-state index in [2.05, 4.69) is 54.4 Å². The maximum atomic E-state index is 5.50. The Balaban J connectivity index is 1.98. The Morgan fingerprint density at radius 3 is 2.38 bits per heavy atom. The zero-order chi connectivity index (χ0) is 15.1. The smallest absolute Gasteiger partial charge is 0.0595 e. The van der Waals surface area contributed by atoms with Crippen molar-refractivity contribution >= 4 is 0 Å². The number of hydrogen-bond acceptors (Lipinski definition) is 3. The quantitative estimate of drug-likeness (QED) is 0.835. The molecule has 3 nitrogen and oxygen atoms in total. The van der Waals surface area contributed by atoms with Crippen molar-refractivity contribution in [3.8, 4) is 0 Å². The summed E-state index contributed by atoms with van der Waals surface area (Å²) < 4.78 is 5.50. The molecule has 0 aromatic heterocycles. The first-order chi connectivity index (χ1) is 10.2. The van der Waals surface area contributed by atoms with Gasteiger partial charge in [-0.3, -0.25) is 4.90 Å². The zero-order valence-electron chi connectivity index (χ0n) is 13.7. The van der Waals surface area contributed by atoms with E-state index in [1.54, 1.807) is 0 Å². The Bertz CT molecular complexity index is 385. The number of rotatable bonds is 7. The van der Waals surface area contributed by atoms with Crippen molar-refractivity contribution in [2.45, 2.75) is 38.8 Å². The molecule has 0 aliphatic carbocycles. The highest BCUT2D eigenvalue weighted by Crippen LogP contribution is 2.25. The monoisotopic (exact) mass is 290 g/mol. The molecule has 0 amide bonds. The number of nitrogens with zero attached hydrogens (tertiary/aromatic N) is 1. The van der Waals surface area contributed by atoms with E-state index in [0.29, 0.717) is 18.1 Å². The van der Waals surface area contributed by atoms with Crippen LogP contribution in [0.25, 0.3) is 0 Å². The summed E-state index contributed by atoms with van der Waals surface area (Å²) in [5, 5.41) is 3.63. The summed E-state index contributed by atoms with van der Waals surface area (Å²) in [5.74, 6) is 0.695. The van der Waals surface area contributed by atoms with Crippen molar-refractivity contribution in [2.24, 2.45) is 5.92 Å². The predicted molar refractivity (Wildman–Crippen MR) is 88.5 cm³/mol. The van der Waals surface area contributed by atoms with E-state index in [9.17, 15) is 0 Å². The summed E-state index contributed by atoms with van der Waals surface area (Å²) in [6.07, 6.45) is 2.73. The van der Waals surface area contributed by atoms with Crippen molar-refractivity contribution in [2.75, 3.05) is 33.3 Å². The Morgan fingerprint density at radius 2 is 1.81 bits per heavy atom. The molecule has 1 N–H and O–H groups in total. The van der Waals surface area contributed by atoms with Crippen molar-refractivity contribution in [1.82, 2.24) is 10.2 Å². The lowest BCUT2D eigenvalue weighted by Gasteiger charge is -2.37. The topological polar surface area (TPSA) is 24.5 Å². The van der Waals surface area contributed by atoms with Gasteiger partial charge in [0.15, 0.2) is 0 Å². The third kappa shape index (κ3) is 5.10. The van der Waals surface area contributed by atoms with E-state index in [1.807, 2.05) is 7.11 Å². The third-order valence-corrected chi connectivity index (χ3v) is 4.33. The van der Waals surface area contributed by atoms with Crippen molar-refractivity contribution in [1.29, 1.82) is 0 Å². The van der Waals surface area contributed by atoms with Crippen LogP contribution >= 0.6 is 0 Å². The first-order valence-electron chi connectivity index (χ1n) is 8.23. The Morgan fingerprint density at radius 1 is 1.14 bits per heavy atom. The van der Waals surface area contributed by atoms with Gasteiger partial charge in [-0.1, -0.05) is 44.2 Å². The fourth-order valence-electron chi connectivity index (χ4n) is 3.06. The van der Waals surface area contributed by atoms with E-state index in [-0.39, 0.29) is 0 Å². The molecule has 2 rings (SSSR count). The maximum Gasteiger partial charge on any atom is 0.0595 e. The molecule has 0 radical (unpaired) electrons. The molecule has 1 aromatic rings. The average molecular weight is 290 g/mol. The Labute approximate surface area is 129 Å². The molecule has 1 fully saturated rings. The van der Waals surface area contributed by atoms with E-state index in [1.165, 1.54) is 5.56 Å². The van der Waals surface area contributed by atoms with E-state index >= 15 is 0 Å². The minimum Gasteiger partial charge on any atom is -0.381 e. The van der Waals surface area contributed by atoms with Crippen LogP contribution in [0.4, 0.5) is 0 Å². The number of nitrogens with one attached hydrogen (secondary N) is 1. The predicted octanol–water partition coefficient (Wildman–Crippen LogP) is 3.08. The SMILES string of the molecule is COC1CCN(C(CNCC(C)C)c2ccccc2)CC1. The van der Waals surface area contributed by atoms with Crippen molar-refractivity contribution in [3.63, 3.8) is 0 Å². The molecular formula is C18H30N2O. The Kier molecular flexibility index (Phi) is 6.68. The third-order valence-electron chi connectivity index (χ3n) is 4.33. The molecule has 3 heteroatoms. The lowest BCUT2D eigenvalue weighted by Crippen LogP contribution is -2.43. The van der Waals surface area contributed by atoms with Gasteiger partial charge in [-0.05, 0) is 30.9 Å². The molecule has 1 atom stereocenters. The summed E-state index contributed by atoms with van der Waals surface area (Å²) in [5.41, 5.74) is 1.42. The van der Waals surface area contributed by atoms with Crippen molar-refractivity contribution < 1.29 is 4.74 Å². The van der Waals surface area contributed by atoms with Crippen LogP contribution in [0.5, 0.6) is 0 Å². The summed E-state index contributed by atoms with van der Waals surface area (Å²) >= 11 is 0. The van der Waals surface area contributed by atoms with Crippen LogP contribution in [-0.4, -0.2) is 44.3 Å². The number of piperidine rings is 1. The second kappa shape index (κ2) is 8.52. The van der Waals surface area contributed by atoms with Gasteiger partial charge in [0.05, 0.1) is 6.10 Å². The van der Waals surface area contributed by atoms with Crippen LogP contribution in [0.15, 0.2) is 30.3 Å². The first-order valence-corrected chi connectivity index (χ1v) is 8.23. The Hall–Kier alpha value is -0.900. The number of benzene rings is 1. The van der Waals surface area contributed by atoms with Gasteiger partial charge in [0.25, 0.3) is 0 Å². The van der Waals surface area contributed by atoms with Gasteiger partial charge in [0.2, 0.25) is 0 Å². The standard InChI is InChI=1S/C18H30N2O/c1-15(2)13-19-14-18(16-7-5-4-6-8-16)20-11-9-17(21-3)10-12-20/h4-8,15,17-19H,9-14H2,1-3H3. The molecule has 1 aliphatic heterocycles.